The highest BCUT2D eigenvalue weighted by atomic mass is 35.5. The van der Waals surface area contributed by atoms with Gasteiger partial charge in [0.15, 0.2) is 11.0 Å². The number of halogens is 1. The Labute approximate surface area is 113 Å². The SMILES string of the molecule is Cc1c(Cl)nnc(NC2(CO)CCCCC2)c1C. The molecule has 2 N–H and O–H groups in total. The first-order chi connectivity index (χ1) is 8.58. The van der Waals surface area contributed by atoms with Gasteiger partial charge in [0, 0.05) is 0 Å². The summed E-state index contributed by atoms with van der Waals surface area (Å²) >= 11 is 5.95. The lowest BCUT2D eigenvalue weighted by molar-refractivity contribution is 0.172. The molecule has 0 radical (unpaired) electrons. The molecule has 0 aliphatic heterocycles. The Bertz CT molecular complexity index is 430. The van der Waals surface area contributed by atoms with Gasteiger partial charge in [0.25, 0.3) is 0 Å². The van der Waals surface area contributed by atoms with Crippen LogP contribution in [0.1, 0.15) is 43.2 Å². The topological polar surface area (TPSA) is 58.0 Å². The molecule has 0 unspecified atom stereocenters. The number of aliphatic hydroxyl groups excluding tert-OH is 1. The van der Waals surface area contributed by atoms with Crippen molar-refractivity contribution in [1.29, 1.82) is 0 Å². The zero-order valence-electron chi connectivity index (χ0n) is 11.0. The van der Waals surface area contributed by atoms with Crippen LogP contribution in [0.25, 0.3) is 0 Å². The van der Waals surface area contributed by atoms with Gasteiger partial charge in [-0.2, -0.15) is 0 Å². The van der Waals surface area contributed by atoms with Gasteiger partial charge in [0.05, 0.1) is 12.1 Å². The van der Waals surface area contributed by atoms with Crippen molar-refractivity contribution in [1.82, 2.24) is 10.2 Å². The number of anilines is 1. The van der Waals surface area contributed by atoms with E-state index in [1.807, 2.05) is 13.8 Å². The van der Waals surface area contributed by atoms with Crippen LogP contribution in [-0.4, -0.2) is 27.4 Å². The van der Waals surface area contributed by atoms with Gasteiger partial charge in [-0.25, -0.2) is 0 Å². The van der Waals surface area contributed by atoms with E-state index in [9.17, 15) is 5.11 Å². The molecule has 0 bridgehead atoms. The Morgan fingerprint density at radius 2 is 1.83 bits per heavy atom. The number of nitrogens with zero attached hydrogens (tertiary/aromatic N) is 2. The van der Waals surface area contributed by atoms with Crippen molar-refractivity contribution in [3.05, 3.63) is 16.3 Å². The van der Waals surface area contributed by atoms with E-state index in [1.54, 1.807) is 0 Å². The van der Waals surface area contributed by atoms with E-state index in [2.05, 4.69) is 15.5 Å². The first-order valence-electron chi connectivity index (χ1n) is 6.46. The van der Waals surface area contributed by atoms with Gasteiger partial charge in [-0.3, -0.25) is 0 Å². The molecule has 1 saturated carbocycles. The number of hydrogen-bond donors (Lipinski definition) is 2. The van der Waals surface area contributed by atoms with Crippen molar-refractivity contribution in [3.8, 4) is 0 Å². The molecule has 4 nitrogen and oxygen atoms in total. The zero-order chi connectivity index (χ0) is 13.2. The highest BCUT2D eigenvalue weighted by Gasteiger charge is 2.32. The van der Waals surface area contributed by atoms with E-state index >= 15 is 0 Å². The summed E-state index contributed by atoms with van der Waals surface area (Å²) in [5, 5.41) is 21.6. The predicted molar refractivity (Wildman–Crippen MR) is 73.0 cm³/mol. The molecule has 1 aliphatic carbocycles. The lowest BCUT2D eigenvalue weighted by atomic mass is 9.82. The normalized spacial score (nSPS) is 18.7. The largest absolute Gasteiger partial charge is 0.394 e. The molecule has 0 amide bonds. The molecular formula is C13H20ClN3O. The van der Waals surface area contributed by atoms with Crippen molar-refractivity contribution < 1.29 is 5.11 Å². The molecule has 1 aromatic heterocycles. The average molecular weight is 270 g/mol. The third kappa shape index (κ3) is 2.59. The maximum atomic E-state index is 9.68. The Kier molecular flexibility index (Phi) is 4.07. The van der Waals surface area contributed by atoms with Crippen LogP contribution in [0.3, 0.4) is 0 Å². The molecule has 0 aromatic carbocycles. The van der Waals surface area contributed by atoms with Crippen LogP contribution in [0.15, 0.2) is 0 Å². The maximum absolute atomic E-state index is 9.68. The van der Waals surface area contributed by atoms with Gasteiger partial charge in [0.2, 0.25) is 0 Å². The fourth-order valence-electron chi connectivity index (χ4n) is 2.50. The monoisotopic (exact) mass is 269 g/mol. The van der Waals surface area contributed by atoms with Crippen LogP contribution in [0, 0.1) is 13.8 Å². The van der Waals surface area contributed by atoms with Crippen LogP contribution < -0.4 is 5.32 Å². The molecule has 0 spiro atoms. The van der Waals surface area contributed by atoms with E-state index < -0.39 is 0 Å². The van der Waals surface area contributed by atoms with Crippen LogP contribution in [0.4, 0.5) is 5.82 Å². The molecule has 1 fully saturated rings. The number of aliphatic hydroxyl groups is 1. The molecule has 100 valence electrons. The molecule has 2 rings (SSSR count). The Balaban J connectivity index is 2.24. The Morgan fingerprint density at radius 3 is 2.44 bits per heavy atom. The number of hydrogen-bond acceptors (Lipinski definition) is 4. The van der Waals surface area contributed by atoms with Crippen molar-refractivity contribution in [2.75, 3.05) is 11.9 Å². The number of rotatable bonds is 3. The number of nitrogens with one attached hydrogen (secondary N) is 1. The van der Waals surface area contributed by atoms with Crippen molar-refractivity contribution >= 4 is 17.4 Å². The lowest BCUT2D eigenvalue weighted by Gasteiger charge is -2.37. The summed E-state index contributed by atoms with van der Waals surface area (Å²) in [6.45, 7) is 4.05. The molecule has 0 saturated heterocycles. The third-order valence-corrected chi connectivity index (χ3v) is 4.32. The van der Waals surface area contributed by atoms with Crippen LogP contribution in [0.2, 0.25) is 5.15 Å². The Hall–Kier alpha value is -0.870. The molecule has 5 heteroatoms. The lowest BCUT2D eigenvalue weighted by Crippen LogP contribution is -2.44. The van der Waals surface area contributed by atoms with E-state index in [4.69, 9.17) is 11.6 Å². The smallest absolute Gasteiger partial charge is 0.155 e. The van der Waals surface area contributed by atoms with Crippen LogP contribution in [-0.2, 0) is 0 Å². The molecule has 18 heavy (non-hydrogen) atoms. The minimum Gasteiger partial charge on any atom is -0.394 e. The third-order valence-electron chi connectivity index (χ3n) is 3.96. The second kappa shape index (κ2) is 5.41. The maximum Gasteiger partial charge on any atom is 0.155 e. The molecule has 1 heterocycles. The van der Waals surface area contributed by atoms with E-state index in [0.717, 1.165) is 42.6 Å². The standard InChI is InChI=1S/C13H20ClN3O/c1-9-10(2)12(17-16-11(9)14)15-13(8-18)6-4-3-5-7-13/h18H,3-8H2,1-2H3,(H,15,17). The molecule has 1 aromatic rings. The van der Waals surface area contributed by atoms with Gasteiger partial charge in [-0.15, -0.1) is 10.2 Å². The van der Waals surface area contributed by atoms with Crippen molar-refractivity contribution in [2.24, 2.45) is 0 Å². The summed E-state index contributed by atoms with van der Waals surface area (Å²) in [4.78, 5) is 0. The van der Waals surface area contributed by atoms with Crippen LogP contribution >= 0.6 is 11.6 Å². The van der Waals surface area contributed by atoms with Gasteiger partial charge in [-0.1, -0.05) is 30.9 Å². The van der Waals surface area contributed by atoms with Gasteiger partial charge in [-0.05, 0) is 37.8 Å². The number of aromatic nitrogens is 2. The van der Waals surface area contributed by atoms with E-state index in [1.165, 1.54) is 6.42 Å². The van der Waals surface area contributed by atoms with Crippen LogP contribution in [0.5, 0.6) is 0 Å². The summed E-state index contributed by atoms with van der Waals surface area (Å²) < 4.78 is 0. The summed E-state index contributed by atoms with van der Waals surface area (Å²) in [7, 11) is 0. The minimum absolute atomic E-state index is 0.135. The quantitative estimate of drug-likeness (QED) is 0.886. The average Bonchev–Trinajstić information content (AvgIpc) is 2.41. The summed E-state index contributed by atoms with van der Waals surface area (Å²) in [5.74, 6) is 0.743. The molecule has 0 atom stereocenters. The zero-order valence-corrected chi connectivity index (χ0v) is 11.7. The molecular weight excluding hydrogens is 250 g/mol. The van der Waals surface area contributed by atoms with Crippen molar-refractivity contribution in [3.63, 3.8) is 0 Å². The minimum atomic E-state index is -0.238. The fraction of sp³-hybridized carbons (Fsp3) is 0.692. The first kappa shape index (κ1) is 13.6. The first-order valence-corrected chi connectivity index (χ1v) is 6.84. The van der Waals surface area contributed by atoms with Gasteiger partial charge < -0.3 is 10.4 Å². The highest BCUT2D eigenvalue weighted by Crippen LogP contribution is 2.32. The second-order valence-corrected chi connectivity index (χ2v) is 5.57. The predicted octanol–water partition coefficient (Wildman–Crippen LogP) is 2.85. The summed E-state index contributed by atoms with van der Waals surface area (Å²) in [6.07, 6.45) is 5.49. The van der Waals surface area contributed by atoms with E-state index in [-0.39, 0.29) is 12.1 Å². The van der Waals surface area contributed by atoms with Crippen molar-refractivity contribution in [2.45, 2.75) is 51.5 Å². The fourth-order valence-corrected chi connectivity index (χ4v) is 2.68. The highest BCUT2D eigenvalue weighted by molar-refractivity contribution is 6.30. The van der Waals surface area contributed by atoms with Gasteiger partial charge in [0.1, 0.15) is 0 Å². The van der Waals surface area contributed by atoms with E-state index in [0.29, 0.717) is 5.15 Å². The van der Waals surface area contributed by atoms with Gasteiger partial charge >= 0.3 is 0 Å². The molecule has 1 aliphatic rings. The summed E-state index contributed by atoms with van der Waals surface area (Å²) in [6, 6.07) is 0. The summed E-state index contributed by atoms with van der Waals surface area (Å²) in [5.41, 5.74) is 1.71. The Morgan fingerprint density at radius 1 is 1.17 bits per heavy atom. The second-order valence-electron chi connectivity index (χ2n) is 5.21.